The molecule has 0 aliphatic heterocycles. The molecule has 4 nitrogen and oxygen atoms in total. The zero-order valence-electron chi connectivity index (χ0n) is 12.0. The zero-order valence-corrected chi connectivity index (χ0v) is 15.2. The van der Waals surface area contributed by atoms with Crippen molar-refractivity contribution in [3.8, 4) is 16.3 Å². The van der Waals surface area contributed by atoms with Crippen LogP contribution in [0, 0.1) is 0 Å². The van der Waals surface area contributed by atoms with Crippen LogP contribution in [-0.4, -0.2) is 28.5 Å². The highest BCUT2D eigenvalue weighted by Crippen LogP contribution is 2.34. The van der Waals surface area contributed by atoms with Gasteiger partial charge in [-0.2, -0.15) is 0 Å². The average molecular weight is 368 g/mol. The van der Waals surface area contributed by atoms with Crippen molar-refractivity contribution in [3.63, 3.8) is 0 Å². The lowest BCUT2D eigenvalue weighted by atomic mass is 10.2. The summed E-state index contributed by atoms with van der Waals surface area (Å²) in [6, 6.07) is 7.95. The lowest BCUT2D eigenvalue weighted by Crippen LogP contribution is -1.87. The van der Waals surface area contributed by atoms with Crippen LogP contribution in [0.1, 0.15) is 5.69 Å². The summed E-state index contributed by atoms with van der Waals surface area (Å²) in [6.45, 7) is 0. The van der Waals surface area contributed by atoms with Gasteiger partial charge in [0, 0.05) is 11.1 Å². The number of thioether (sulfide) groups is 2. The van der Waals surface area contributed by atoms with Crippen molar-refractivity contribution >= 4 is 46.2 Å². The minimum atomic E-state index is 0.800. The highest BCUT2D eigenvalue weighted by Gasteiger charge is 2.11. The molecule has 8 heteroatoms. The summed E-state index contributed by atoms with van der Waals surface area (Å²) in [4.78, 5) is 4.70. The largest absolute Gasteiger partial charge is 0.496 e. The normalized spacial score (nSPS) is 10.8. The summed E-state index contributed by atoms with van der Waals surface area (Å²) < 4.78 is 7.37. The first-order chi connectivity index (χ1) is 10.8. The Morgan fingerprint density at radius 1 is 1.18 bits per heavy atom. The van der Waals surface area contributed by atoms with Crippen molar-refractivity contribution in [2.75, 3.05) is 13.4 Å². The number of ether oxygens (including phenoxy) is 1. The van der Waals surface area contributed by atoms with E-state index in [1.54, 1.807) is 53.3 Å². The lowest BCUT2D eigenvalue weighted by Gasteiger charge is -2.04. The van der Waals surface area contributed by atoms with Gasteiger partial charge in [-0.15, -0.1) is 21.5 Å². The van der Waals surface area contributed by atoms with Gasteiger partial charge in [-0.25, -0.2) is 4.98 Å². The van der Waals surface area contributed by atoms with E-state index in [1.165, 1.54) is 0 Å². The fourth-order valence-corrected chi connectivity index (χ4v) is 5.08. The molecule has 0 amide bonds. The van der Waals surface area contributed by atoms with Crippen LogP contribution in [0.5, 0.6) is 5.75 Å². The first-order valence-corrected chi connectivity index (χ1v) is 10.3. The molecule has 0 saturated heterocycles. The van der Waals surface area contributed by atoms with Crippen LogP contribution in [0.2, 0.25) is 0 Å². The molecule has 0 unspecified atom stereocenters. The predicted molar refractivity (Wildman–Crippen MR) is 95.4 cm³/mol. The summed E-state index contributed by atoms with van der Waals surface area (Å²) >= 11 is 6.55. The molecule has 0 saturated carbocycles. The van der Waals surface area contributed by atoms with Gasteiger partial charge in [-0.3, -0.25) is 0 Å². The highest BCUT2D eigenvalue weighted by molar-refractivity contribution is 8.02. The van der Waals surface area contributed by atoms with Gasteiger partial charge in [0.1, 0.15) is 10.8 Å². The van der Waals surface area contributed by atoms with Gasteiger partial charge < -0.3 is 4.74 Å². The monoisotopic (exact) mass is 367 g/mol. The van der Waals surface area contributed by atoms with E-state index in [2.05, 4.69) is 15.6 Å². The third-order valence-corrected chi connectivity index (χ3v) is 6.79. The van der Waals surface area contributed by atoms with Crippen LogP contribution in [0.3, 0.4) is 0 Å². The number of hydrogen-bond acceptors (Lipinski definition) is 8. The van der Waals surface area contributed by atoms with Crippen LogP contribution in [0.4, 0.5) is 0 Å². The van der Waals surface area contributed by atoms with Crippen LogP contribution in [0.25, 0.3) is 10.6 Å². The first kappa shape index (κ1) is 15.8. The molecule has 0 N–H and O–H groups in total. The summed E-state index contributed by atoms with van der Waals surface area (Å²) in [7, 11) is 1.68. The van der Waals surface area contributed by atoms with E-state index in [0.29, 0.717) is 0 Å². The van der Waals surface area contributed by atoms with Gasteiger partial charge >= 0.3 is 0 Å². The molecule has 2 heterocycles. The SMILES string of the molecule is COc1ccccc1-c1nc(CSc2nnc(SC)s2)cs1. The maximum Gasteiger partial charge on any atom is 0.175 e. The Labute approximate surface area is 145 Å². The Balaban J connectivity index is 1.71. The molecule has 2 aromatic heterocycles. The third kappa shape index (κ3) is 3.62. The minimum absolute atomic E-state index is 0.800. The topological polar surface area (TPSA) is 47.9 Å². The standard InChI is InChI=1S/C14H13N3OS4/c1-18-11-6-4-3-5-10(11)12-15-9(7-20-12)8-21-14-17-16-13(19-2)22-14/h3-7H,8H2,1-2H3. The maximum atomic E-state index is 5.40. The van der Waals surface area contributed by atoms with Gasteiger partial charge in [0.15, 0.2) is 8.68 Å². The van der Waals surface area contributed by atoms with E-state index in [4.69, 9.17) is 9.72 Å². The zero-order chi connectivity index (χ0) is 15.4. The van der Waals surface area contributed by atoms with Crippen molar-refractivity contribution in [2.45, 2.75) is 14.4 Å². The number of thiazole rings is 1. The van der Waals surface area contributed by atoms with Crippen LogP contribution >= 0.6 is 46.2 Å². The smallest absolute Gasteiger partial charge is 0.175 e. The fraction of sp³-hybridized carbons (Fsp3) is 0.214. The molecule has 0 atom stereocenters. The molecular formula is C14H13N3OS4. The number of para-hydroxylation sites is 1. The summed E-state index contributed by atoms with van der Waals surface area (Å²) in [5.41, 5.74) is 2.09. The first-order valence-electron chi connectivity index (χ1n) is 6.38. The highest BCUT2D eigenvalue weighted by atomic mass is 32.2. The minimum Gasteiger partial charge on any atom is -0.496 e. The van der Waals surface area contributed by atoms with E-state index >= 15 is 0 Å². The molecule has 0 aliphatic rings. The van der Waals surface area contributed by atoms with Crippen molar-refractivity contribution in [2.24, 2.45) is 0 Å². The molecule has 0 spiro atoms. The number of benzene rings is 1. The molecule has 114 valence electrons. The van der Waals surface area contributed by atoms with Crippen LogP contribution in [-0.2, 0) is 5.75 Å². The number of rotatable bonds is 6. The maximum absolute atomic E-state index is 5.40. The molecule has 0 fully saturated rings. The van der Waals surface area contributed by atoms with E-state index < -0.39 is 0 Å². The van der Waals surface area contributed by atoms with Gasteiger partial charge in [0.05, 0.1) is 18.4 Å². The quantitative estimate of drug-likeness (QED) is 0.589. The predicted octanol–water partition coefficient (Wildman–Crippen LogP) is 4.68. The van der Waals surface area contributed by atoms with Gasteiger partial charge in [-0.1, -0.05) is 47.0 Å². The Bertz CT molecular complexity index is 756. The van der Waals surface area contributed by atoms with Crippen molar-refractivity contribution in [1.29, 1.82) is 0 Å². The van der Waals surface area contributed by atoms with E-state index in [-0.39, 0.29) is 0 Å². The molecule has 1 aromatic carbocycles. The van der Waals surface area contributed by atoms with Gasteiger partial charge in [0.2, 0.25) is 0 Å². The van der Waals surface area contributed by atoms with Crippen molar-refractivity contribution in [3.05, 3.63) is 35.3 Å². The van der Waals surface area contributed by atoms with E-state index in [1.807, 2.05) is 30.5 Å². The summed E-state index contributed by atoms with van der Waals surface area (Å²) in [5.74, 6) is 1.65. The molecule has 3 aromatic rings. The molecule has 0 bridgehead atoms. The Morgan fingerprint density at radius 2 is 2.00 bits per heavy atom. The Morgan fingerprint density at radius 3 is 2.77 bits per heavy atom. The second-order valence-electron chi connectivity index (χ2n) is 4.17. The number of methoxy groups -OCH3 is 1. The van der Waals surface area contributed by atoms with Gasteiger partial charge in [0.25, 0.3) is 0 Å². The fourth-order valence-electron chi connectivity index (χ4n) is 1.79. The molecule has 3 rings (SSSR count). The van der Waals surface area contributed by atoms with Gasteiger partial charge in [-0.05, 0) is 18.4 Å². The molecular weight excluding hydrogens is 354 g/mol. The van der Waals surface area contributed by atoms with Crippen molar-refractivity contribution < 1.29 is 4.74 Å². The molecule has 22 heavy (non-hydrogen) atoms. The van der Waals surface area contributed by atoms with Crippen LogP contribution in [0.15, 0.2) is 38.3 Å². The molecule has 0 radical (unpaired) electrons. The Hall–Kier alpha value is -1.09. The number of nitrogens with zero attached hydrogens (tertiary/aromatic N) is 3. The Kier molecular flexibility index (Phi) is 5.35. The summed E-state index contributed by atoms with van der Waals surface area (Å²) in [5, 5.41) is 11.3. The van der Waals surface area contributed by atoms with Crippen LogP contribution < -0.4 is 4.74 Å². The average Bonchev–Trinajstić information content (AvgIpc) is 3.22. The van der Waals surface area contributed by atoms with Crippen molar-refractivity contribution in [1.82, 2.24) is 15.2 Å². The second kappa shape index (κ2) is 7.45. The van der Waals surface area contributed by atoms with E-state index in [0.717, 1.165) is 36.4 Å². The third-order valence-electron chi connectivity index (χ3n) is 2.80. The number of hydrogen-bond donors (Lipinski definition) is 0. The van der Waals surface area contributed by atoms with E-state index in [9.17, 15) is 0 Å². The molecule has 0 aliphatic carbocycles. The lowest BCUT2D eigenvalue weighted by molar-refractivity contribution is 0.416. The summed E-state index contributed by atoms with van der Waals surface area (Å²) in [6.07, 6.45) is 2.01. The second-order valence-corrected chi connectivity index (χ2v) is 8.28. The number of aromatic nitrogens is 3.